The van der Waals surface area contributed by atoms with Crippen molar-refractivity contribution in [1.82, 2.24) is 0 Å². The first-order valence-electron chi connectivity index (χ1n) is 18.9. The van der Waals surface area contributed by atoms with Crippen LogP contribution in [0.25, 0.3) is 0 Å². The molecule has 49 heavy (non-hydrogen) atoms. The van der Waals surface area contributed by atoms with E-state index in [4.69, 9.17) is 24.8 Å². The number of aliphatic carboxylic acids is 1. The van der Waals surface area contributed by atoms with Crippen molar-refractivity contribution in [2.24, 2.45) is 5.73 Å². The summed E-state index contributed by atoms with van der Waals surface area (Å²) in [4.78, 5) is 45.7. The summed E-state index contributed by atoms with van der Waals surface area (Å²) < 4.78 is 32.5. The van der Waals surface area contributed by atoms with Crippen molar-refractivity contribution in [3.8, 4) is 0 Å². The van der Waals surface area contributed by atoms with E-state index in [1.807, 2.05) is 0 Å². The van der Waals surface area contributed by atoms with E-state index in [1.54, 1.807) is 0 Å². The van der Waals surface area contributed by atoms with Crippen molar-refractivity contribution < 1.29 is 47.5 Å². The van der Waals surface area contributed by atoms with Gasteiger partial charge in [0, 0.05) is 12.8 Å². The summed E-state index contributed by atoms with van der Waals surface area (Å²) in [5.74, 6) is -2.40. The molecule has 0 rings (SSSR count). The molecule has 0 bridgehead atoms. The van der Waals surface area contributed by atoms with Crippen LogP contribution in [0.1, 0.15) is 162 Å². The predicted octanol–water partition coefficient (Wildman–Crippen LogP) is 9.11. The van der Waals surface area contributed by atoms with Crippen LogP contribution in [0.3, 0.4) is 0 Å². The number of hydrogen-bond acceptors (Lipinski definition) is 9. The Hall–Kier alpha value is -2.04. The number of carboxylic acid groups (broad SMARTS) is 1. The van der Waals surface area contributed by atoms with E-state index in [9.17, 15) is 23.8 Å². The molecule has 0 aromatic rings. The number of hydrogen-bond donors (Lipinski definition) is 3. The maximum absolute atomic E-state index is 12.5. The molecule has 0 heterocycles. The number of carbonyl (C=O) groups is 3. The first-order valence-corrected chi connectivity index (χ1v) is 20.4. The summed E-state index contributed by atoms with van der Waals surface area (Å²) >= 11 is 0. The molecule has 4 N–H and O–H groups in total. The topological polar surface area (TPSA) is 172 Å². The fourth-order valence-electron chi connectivity index (χ4n) is 4.90. The summed E-state index contributed by atoms with van der Waals surface area (Å²) in [5.41, 5.74) is 5.31. The van der Waals surface area contributed by atoms with Crippen LogP contribution in [-0.2, 0) is 37.5 Å². The second-order valence-electron chi connectivity index (χ2n) is 12.7. The smallest absolute Gasteiger partial charge is 0.472 e. The molecule has 1 unspecified atom stereocenters. The van der Waals surface area contributed by atoms with Crippen LogP contribution in [0.5, 0.6) is 0 Å². The van der Waals surface area contributed by atoms with Gasteiger partial charge >= 0.3 is 25.7 Å². The van der Waals surface area contributed by atoms with Gasteiger partial charge in [0.15, 0.2) is 6.10 Å². The number of phosphoric acid groups is 1. The Morgan fingerprint density at radius 1 is 0.633 bits per heavy atom. The summed E-state index contributed by atoms with van der Waals surface area (Å²) in [7, 11) is -4.71. The molecule has 0 aromatic heterocycles. The minimum absolute atomic E-state index is 0.161. The normalized spacial score (nSPS) is 14.2. The highest BCUT2D eigenvalue weighted by Gasteiger charge is 2.28. The third-order valence-electron chi connectivity index (χ3n) is 7.95. The van der Waals surface area contributed by atoms with Crippen molar-refractivity contribution in [3.05, 3.63) is 24.3 Å². The van der Waals surface area contributed by atoms with Gasteiger partial charge in [-0.3, -0.25) is 23.4 Å². The fourth-order valence-corrected chi connectivity index (χ4v) is 5.68. The van der Waals surface area contributed by atoms with Gasteiger partial charge in [0.1, 0.15) is 12.6 Å². The summed E-state index contributed by atoms with van der Waals surface area (Å²) in [6.45, 7) is 2.72. The van der Waals surface area contributed by atoms with Crippen molar-refractivity contribution >= 4 is 25.7 Å². The summed E-state index contributed by atoms with van der Waals surface area (Å²) in [5, 5.41) is 8.85. The van der Waals surface area contributed by atoms with E-state index in [2.05, 4.69) is 42.7 Å². The van der Waals surface area contributed by atoms with Gasteiger partial charge in [-0.15, -0.1) is 0 Å². The number of esters is 2. The molecule has 0 aliphatic heterocycles. The highest BCUT2D eigenvalue weighted by Crippen LogP contribution is 2.43. The largest absolute Gasteiger partial charge is 0.480 e. The predicted molar refractivity (Wildman–Crippen MR) is 194 cm³/mol. The Morgan fingerprint density at radius 3 is 1.65 bits per heavy atom. The third-order valence-corrected chi connectivity index (χ3v) is 8.90. The summed E-state index contributed by atoms with van der Waals surface area (Å²) in [6.07, 6.45) is 31.0. The van der Waals surface area contributed by atoms with Crippen LogP contribution >= 0.6 is 7.82 Å². The van der Waals surface area contributed by atoms with Crippen LogP contribution in [0.4, 0.5) is 0 Å². The van der Waals surface area contributed by atoms with Gasteiger partial charge in [-0.05, 0) is 38.5 Å². The second kappa shape index (κ2) is 33.1. The first-order chi connectivity index (χ1) is 23.6. The van der Waals surface area contributed by atoms with E-state index in [-0.39, 0.29) is 19.4 Å². The van der Waals surface area contributed by atoms with Crippen LogP contribution in [0.2, 0.25) is 0 Å². The Labute approximate surface area is 296 Å². The van der Waals surface area contributed by atoms with Gasteiger partial charge in [-0.2, -0.15) is 0 Å². The number of carbonyl (C=O) groups excluding carboxylic acids is 2. The lowest BCUT2D eigenvalue weighted by atomic mass is 10.1. The van der Waals surface area contributed by atoms with Gasteiger partial charge < -0.3 is 25.2 Å². The lowest BCUT2D eigenvalue weighted by molar-refractivity contribution is -0.161. The highest BCUT2D eigenvalue weighted by molar-refractivity contribution is 7.47. The molecule has 0 saturated heterocycles. The Balaban J connectivity index is 4.46. The number of carboxylic acids is 1. The molecule has 0 fully saturated rings. The lowest BCUT2D eigenvalue weighted by Gasteiger charge is -2.20. The molecule has 0 aliphatic rings. The standard InChI is InChI=1S/C37H68NO10P/c1-3-5-7-9-11-13-15-16-17-19-20-22-24-26-28-35(39)45-30-33(31-46-49(43,44)47-32-34(38)37(41)42)48-36(40)29-27-25-23-21-18-14-12-10-8-6-4-2/h9,11,15-16,33-34H,3-8,10,12-14,17-32,38H2,1-2H3,(H,41,42)(H,43,44)/b11-9+,16-15+/t33-,34+/m1/s1. The quantitative estimate of drug-likeness (QED) is 0.0247. The van der Waals surface area contributed by atoms with Gasteiger partial charge in [0.05, 0.1) is 13.2 Å². The molecule has 0 radical (unpaired) electrons. The molecule has 0 saturated carbocycles. The zero-order chi connectivity index (χ0) is 36.4. The molecule has 12 heteroatoms. The van der Waals surface area contributed by atoms with Gasteiger partial charge in [0.2, 0.25) is 0 Å². The van der Waals surface area contributed by atoms with Crippen molar-refractivity contribution in [2.45, 2.75) is 174 Å². The molecule has 0 amide bonds. The number of unbranched alkanes of at least 4 members (excludes halogenated alkanes) is 17. The Bertz CT molecular complexity index is 942. The van der Waals surface area contributed by atoms with Crippen molar-refractivity contribution in [2.75, 3.05) is 19.8 Å². The Kier molecular flexibility index (Phi) is 31.7. The van der Waals surface area contributed by atoms with E-state index in [0.29, 0.717) is 12.8 Å². The van der Waals surface area contributed by atoms with Gasteiger partial charge in [-0.1, -0.05) is 134 Å². The number of nitrogens with two attached hydrogens (primary N) is 1. The van der Waals surface area contributed by atoms with E-state index >= 15 is 0 Å². The molecule has 0 spiro atoms. The van der Waals surface area contributed by atoms with Crippen molar-refractivity contribution in [3.63, 3.8) is 0 Å². The number of ether oxygens (including phenoxy) is 2. The van der Waals surface area contributed by atoms with Crippen LogP contribution in [-0.4, -0.2) is 59.9 Å². The number of rotatable bonds is 35. The van der Waals surface area contributed by atoms with Crippen LogP contribution < -0.4 is 5.73 Å². The lowest BCUT2D eigenvalue weighted by Crippen LogP contribution is -2.34. The SMILES string of the molecule is CCCC/C=C/C/C=C/CCCCCCCC(=O)OC[C@H](COP(=O)(O)OC[C@H](N)C(=O)O)OC(=O)CCCCCCCCCCCCC. The number of phosphoric ester groups is 1. The fraction of sp³-hybridized carbons (Fsp3) is 0.811. The average Bonchev–Trinajstić information content (AvgIpc) is 3.07. The molecular formula is C37H68NO10P. The highest BCUT2D eigenvalue weighted by atomic mass is 31.2. The molecule has 0 aliphatic carbocycles. The third kappa shape index (κ3) is 32.9. The van der Waals surface area contributed by atoms with Gasteiger partial charge in [0.25, 0.3) is 0 Å². The summed E-state index contributed by atoms with van der Waals surface area (Å²) in [6, 6.07) is -1.52. The second-order valence-corrected chi connectivity index (χ2v) is 14.2. The monoisotopic (exact) mass is 717 g/mol. The van der Waals surface area contributed by atoms with E-state index in [1.165, 1.54) is 57.8 Å². The molecule has 3 atom stereocenters. The van der Waals surface area contributed by atoms with Crippen molar-refractivity contribution in [1.29, 1.82) is 0 Å². The van der Waals surface area contributed by atoms with E-state index < -0.39 is 51.1 Å². The average molecular weight is 718 g/mol. The molecule has 11 nitrogen and oxygen atoms in total. The number of allylic oxidation sites excluding steroid dienone is 4. The zero-order valence-electron chi connectivity index (χ0n) is 30.5. The zero-order valence-corrected chi connectivity index (χ0v) is 31.4. The Morgan fingerprint density at radius 2 is 1.10 bits per heavy atom. The van der Waals surface area contributed by atoms with Crippen LogP contribution in [0, 0.1) is 0 Å². The minimum Gasteiger partial charge on any atom is -0.480 e. The van der Waals surface area contributed by atoms with E-state index in [0.717, 1.165) is 64.2 Å². The molecular weight excluding hydrogens is 649 g/mol. The molecule has 0 aromatic carbocycles. The maximum Gasteiger partial charge on any atom is 0.472 e. The first kappa shape index (κ1) is 47.0. The van der Waals surface area contributed by atoms with Crippen LogP contribution in [0.15, 0.2) is 24.3 Å². The maximum atomic E-state index is 12.5. The minimum atomic E-state index is -4.71. The molecule has 286 valence electrons. The van der Waals surface area contributed by atoms with Gasteiger partial charge in [-0.25, -0.2) is 4.57 Å².